The van der Waals surface area contributed by atoms with Crippen molar-refractivity contribution >= 4 is 10.0 Å². The van der Waals surface area contributed by atoms with Crippen molar-refractivity contribution in [3.05, 3.63) is 71.8 Å². The Kier molecular flexibility index (Phi) is 4.19. The first-order valence-electron chi connectivity index (χ1n) is 8.82. The van der Waals surface area contributed by atoms with Crippen LogP contribution in [0.15, 0.2) is 60.7 Å². The Bertz CT molecular complexity index is 783. The van der Waals surface area contributed by atoms with E-state index in [2.05, 4.69) is 12.1 Å². The van der Waals surface area contributed by atoms with Gasteiger partial charge in [0.2, 0.25) is 10.0 Å². The number of sulfonamides is 1. The minimum Gasteiger partial charge on any atom is -0.211 e. The largest absolute Gasteiger partial charge is 0.223 e. The fourth-order valence-corrected chi connectivity index (χ4v) is 6.63. The van der Waals surface area contributed by atoms with Crippen LogP contribution in [0.2, 0.25) is 0 Å². The first-order chi connectivity index (χ1) is 11.7. The zero-order chi connectivity index (χ0) is 16.6. The molecule has 0 spiro atoms. The van der Waals surface area contributed by atoms with Gasteiger partial charge < -0.3 is 0 Å². The van der Waals surface area contributed by atoms with Crippen LogP contribution >= 0.6 is 0 Å². The van der Waals surface area contributed by atoms with Crippen molar-refractivity contribution in [2.45, 2.75) is 49.4 Å². The fourth-order valence-electron chi connectivity index (χ4n) is 4.26. The van der Waals surface area contributed by atoms with Crippen LogP contribution in [0.4, 0.5) is 0 Å². The molecule has 0 N–H and O–H groups in total. The molecule has 126 valence electrons. The van der Waals surface area contributed by atoms with Gasteiger partial charge in [0.05, 0.1) is 6.04 Å². The van der Waals surface area contributed by atoms with Crippen LogP contribution in [0.3, 0.4) is 0 Å². The van der Waals surface area contributed by atoms with Crippen LogP contribution in [-0.2, 0) is 10.0 Å². The second-order valence-electron chi connectivity index (χ2n) is 6.85. The highest BCUT2D eigenvalue weighted by Gasteiger charge is 2.57. The van der Waals surface area contributed by atoms with Gasteiger partial charge >= 0.3 is 0 Å². The molecule has 24 heavy (non-hydrogen) atoms. The van der Waals surface area contributed by atoms with Gasteiger partial charge in [-0.25, -0.2) is 8.42 Å². The number of hydrogen-bond donors (Lipinski definition) is 0. The van der Waals surface area contributed by atoms with Crippen molar-refractivity contribution in [1.29, 1.82) is 0 Å². The Balaban J connectivity index is 1.76. The number of nitrogens with zero attached hydrogens (tertiary/aromatic N) is 1. The van der Waals surface area contributed by atoms with E-state index >= 15 is 0 Å². The second kappa shape index (κ2) is 6.34. The summed E-state index contributed by atoms with van der Waals surface area (Å²) in [6, 6.07) is 19.9. The van der Waals surface area contributed by atoms with Crippen LogP contribution in [0.5, 0.6) is 0 Å². The lowest BCUT2D eigenvalue weighted by molar-refractivity contribution is 0.156. The van der Waals surface area contributed by atoms with E-state index in [-0.39, 0.29) is 12.1 Å². The summed E-state index contributed by atoms with van der Waals surface area (Å²) in [4.78, 5) is 0. The zero-order valence-electron chi connectivity index (χ0n) is 13.7. The van der Waals surface area contributed by atoms with Crippen LogP contribution < -0.4 is 0 Å². The summed E-state index contributed by atoms with van der Waals surface area (Å²) in [5, 5.41) is -0.456. The third-order valence-electron chi connectivity index (χ3n) is 5.38. The number of hydrogen-bond acceptors (Lipinski definition) is 2. The topological polar surface area (TPSA) is 37.4 Å². The molecule has 1 saturated carbocycles. The molecule has 2 aromatic rings. The van der Waals surface area contributed by atoms with Gasteiger partial charge in [-0.15, -0.1) is 0 Å². The summed E-state index contributed by atoms with van der Waals surface area (Å²) >= 11 is 0. The van der Waals surface area contributed by atoms with E-state index in [0.29, 0.717) is 0 Å². The van der Waals surface area contributed by atoms with Crippen molar-refractivity contribution < 1.29 is 8.42 Å². The molecule has 1 saturated heterocycles. The van der Waals surface area contributed by atoms with Crippen LogP contribution in [0.1, 0.15) is 54.5 Å². The average molecular weight is 341 g/mol. The molecule has 0 amide bonds. The SMILES string of the molecule is O=S1(=O)[C@H](c2ccccc2)[C@@H](c2ccccc2)N1C1CCCCC1. The monoisotopic (exact) mass is 341 g/mol. The molecule has 0 aromatic heterocycles. The molecule has 0 radical (unpaired) electrons. The Morgan fingerprint density at radius 2 is 1.29 bits per heavy atom. The Morgan fingerprint density at radius 3 is 1.88 bits per heavy atom. The lowest BCUT2D eigenvalue weighted by atomic mass is 9.91. The second-order valence-corrected chi connectivity index (χ2v) is 8.81. The van der Waals surface area contributed by atoms with Crippen LogP contribution in [-0.4, -0.2) is 18.8 Å². The summed E-state index contributed by atoms with van der Waals surface area (Å²) in [5.74, 6) is 0. The molecule has 1 aliphatic heterocycles. The molecule has 4 heteroatoms. The highest BCUT2D eigenvalue weighted by atomic mass is 32.2. The maximum atomic E-state index is 13.2. The predicted molar refractivity (Wildman–Crippen MR) is 96.0 cm³/mol. The van der Waals surface area contributed by atoms with Gasteiger partial charge in [-0.3, -0.25) is 0 Å². The molecule has 3 nitrogen and oxygen atoms in total. The molecule has 1 heterocycles. The predicted octanol–water partition coefficient (Wildman–Crippen LogP) is 4.45. The minimum absolute atomic E-state index is 0.0679. The molecule has 2 fully saturated rings. The molecule has 0 unspecified atom stereocenters. The van der Waals surface area contributed by atoms with Crippen molar-refractivity contribution in [3.8, 4) is 0 Å². The molecule has 4 rings (SSSR count). The van der Waals surface area contributed by atoms with Crippen LogP contribution in [0, 0.1) is 0 Å². The quantitative estimate of drug-likeness (QED) is 0.827. The van der Waals surface area contributed by atoms with Gasteiger partial charge in [0.1, 0.15) is 5.25 Å². The minimum atomic E-state index is -3.28. The van der Waals surface area contributed by atoms with Gasteiger partial charge in [0.15, 0.2) is 0 Å². The Labute approximate surface area is 144 Å². The van der Waals surface area contributed by atoms with E-state index in [0.717, 1.165) is 36.8 Å². The maximum absolute atomic E-state index is 13.2. The first kappa shape index (κ1) is 15.9. The van der Waals surface area contributed by atoms with E-state index < -0.39 is 15.3 Å². The third-order valence-corrected chi connectivity index (χ3v) is 7.66. The van der Waals surface area contributed by atoms with E-state index in [4.69, 9.17) is 0 Å². The molecule has 2 atom stereocenters. The van der Waals surface area contributed by atoms with Crippen molar-refractivity contribution in [2.24, 2.45) is 0 Å². The summed E-state index contributed by atoms with van der Waals surface area (Å²) in [5.41, 5.74) is 2.00. The standard InChI is InChI=1S/C20H23NO2S/c22-24(23)20(17-12-6-2-7-13-17)19(16-10-4-1-5-11-16)21(24)18-14-8-3-9-15-18/h1-2,4-7,10-13,18-20H,3,8-9,14-15H2/t19-,20-/m1/s1. The van der Waals surface area contributed by atoms with Gasteiger partial charge in [-0.1, -0.05) is 79.9 Å². The van der Waals surface area contributed by atoms with Gasteiger partial charge in [0.25, 0.3) is 0 Å². The molecule has 1 aliphatic carbocycles. The fraction of sp³-hybridized carbons (Fsp3) is 0.400. The highest BCUT2D eigenvalue weighted by Crippen LogP contribution is 2.54. The number of rotatable bonds is 3. The van der Waals surface area contributed by atoms with Gasteiger partial charge in [-0.2, -0.15) is 4.31 Å². The maximum Gasteiger partial charge on any atom is 0.223 e. The van der Waals surface area contributed by atoms with Gasteiger partial charge in [0, 0.05) is 6.04 Å². The van der Waals surface area contributed by atoms with Crippen molar-refractivity contribution in [1.82, 2.24) is 4.31 Å². The third kappa shape index (κ3) is 2.58. The average Bonchev–Trinajstić information content (AvgIpc) is 2.62. The summed E-state index contributed by atoms with van der Waals surface area (Å²) in [7, 11) is -3.28. The first-order valence-corrected chi connectivity index (χ1v) is 10.3. The van der Waals surface area contributed by atoms with E-state index in [1.54, 1.807) is 0 Å². The van der Waals surface area contributed by atoms with Crippen LogP contribution in [0.25, 0.3) is 0 Å². The lowest BCUT2D eigenvalue weighted by Gasteiger charge is -2.51. The Hall–Kier alpha value is -1.65. The molecular weight excluding hydrogens is 318 g/mol. The molecule has 2 aliphatic rings. The summed E-state index contributed by atoms with van der Waals surface area (Å²) < 4.78 is 28.1. The molecular formula is C20H23NO2S. The van der Waals surface area contributed by atoms with E-state index in [1.807, 2.05) is 52.8 Å². The summed E-state index contributed by atoms with van der Waals surface area (Å²) in [6.07, 6.45) is 5.47. The molecule has 0 bridgehead atoms. The Morgan fingerprint density at radius 1 is 0.750 bits per heavy atom. The lowest BCUT2D eigenvalue weighted by Crippen LogP contribution is -2.57. The number of benzene rings is 2. The highest BCUT2D eigenvalue weighted by molar-refractivity contribution is 7.90. The van der Waals surface area contributed by atoms with Crippen molar-refractivity contribution in [2.75, 3.05) is 0 Å². The van der Waals surface area contributed by atoms with Gasteiger partial charge in [-0.05, 0) is 24.0 Å². The van der Waals surface area contributed by atoms with Crippen molar-refractivity contribution in [3.63, 3.8) is 0 Å². The normalized spacial score (nSPS) is 27.5. The zero-order valence-corrected chi connectivity index (χ0v) is 14.5. The smallest absolute Gasteiger partial charge is 0.211 e. The van der Waals surface area contributed by atoms with E-state index in [9.17, 15) is 8.42 Å². The molecule has 2 aromatic carbocycles. The van der Waals surface area contributed by atoms with E-state index in [1.165, 1.54) is 6.42 Å². The summed E-state index contributed by atoms with van der Waals surface area (Å²) in [6.45, 7) is 0.